The molecule has 262 valence electrons. The molecule has 5 aromatic carbocycles. The van der Waals surface area contributed by atoms with Crippen LogP contribution in [0.1, 0.15) is 41.1 Å². The van der Waals surface area contributed by atoms with E-state index in [2.05, 4.69) is 39.8 Å². The van der Waals surface area contributed by atoms with E-state index in [0.717, 1.165) is 78.4 Å². The Labute approximate surface area is 298 Å². The van der Waals surface area contributed by atoms with Gasteiger partial charge in [0.2, 0.25) is 0 Å². The normalized spacial score (nSPS) is 19.3. The molecule has 3 atom stereocenters. The fraction of sp³-hybridized carbons (Fsp3) is 0.262. The molecule has 0 aromatic heterocycles. The van der Waals surface area contributed by atoms with E-state index in [9.17, 15) is 9.90 Å². The van der Waals surface area contributed by atoms with Gasteiger partial charge in [0, 0.05) is 43.9 Å². The molecule has 7 rings (SSSR count). The van der Waals surface area contributed by atoms with E-state index in [-0.39, 0.29) is 24.8 Å². The predicted octanol–water partition coefficient (Wildman–Crippen LogP) is 7.84. The molecule has 2 saturated heterocycles. The van der Waals surface area contributed by atoms with Crippen LogP contribution in [0.3, 0.4) is 0 Å². The molecule has 3 N–H and O–H groups in total. The highest BCUT2D eigenvalue weighted by molar-refractivity contribution is 5.89. The van der Waals surface area contributed by atoms with Crippen molar-refractivity contribution < 1.29 is 28.8 Å². The van der Waals surface area contributed by atoms with Crippen LogP contribution < -0.4 is 15.4 Å². The number of ether oxygens (including phenoxy) is 4. The largest absolute Gasteiger partial charge is 0.457 e. The summed E-state index contributed by atoms with van der Waals surface area (Å²) in [6, 6.07) is 41.0. The van der Waals surface area contributed by atoms with E-state index < -0.39 is 6.29 Å². The molecule has 0 radical (unpaired) electrons. The molecular formula is C42H43N3O6. The molecule has 2 heterocycles. The van der Waals surface area contributed by atoms with Gasteiger partial charge in [0.1, 0.15) is 11.5 Å². The van der Waals surface area contributed by atoms with Gasteiger partial charge < -0.3 is 34.7 Å². The summed E-state index contributed by atoms with van der Waals surface area (Å²) in [5.41, 5.74) is 6.59. The molecule has 0 unspecified atom stereocenters. The Bertz CT molecular complexity index is 1860. The number of anilines is 1. The van der Waals surface area contributed by atoms with Crippen LogP contribution in [0.5, 0.6) is 11.5 Å². The van der Waals surface area contributed by atoms with Gasteiger partial charge in [0.15, 0.2) is 6.29 Å². The molecule has 2 aliphatic rings. The van der Waals surface area contributed by atoms with Crippen molar-refractivity contribution in [3.8, 4) is 22.6 Å². The van der Waals surface area contributed by atoms with Crippen LogP contribution in [-0.2, 0) is 27.4 Å². The van der Waals surface area contributed by atoms with Gasteiger partial charge in [-0.2, -0.15) is 0 Å². The van der Waals surface area contributed by atoms with Gasteiger partial charge in [-0.25, -0.2) is 4.79 Å². The van der Waals surface area contributed by atoms with E-state index in [1.807, 2.05) is 103 Å². The lowest BCUT2D eigenvalue weighted by Crippen LogP contribution is -2.44. The lowest BCUT2D eigenvalue weighted by atomic mass is 9.98. The van der Waals surface area contributed by atoms with Crippen molar-refractivity contribution in [2.24, 2.45) is 0 Å². The van der Waals surface area contributed by atoms with Crippen molar-refractivity contribution in [2.75, 3.05) is 38.2 Å². The van der Waals surface area contributed by atoms with Crippen molar-refractivity contribution >= 4 is 11.7 Å². The monoisotopic (exact) mass is 685 g/mol. The van der Waals surface area contributed by atoms with Crippen LogP contribution in [0.4, 0.5) is 10.5 Å². The first-order chi connectivity index (χ1) is 25.1. The first-order valence-electron chi connectivity index (χ1n) is 17.5. The van der Waals surface area contributed by atoms with Gasteiger partial charge in [-0.3, -0.25) is 4.90 Å². The minimum Gasteiger partial charge on any atom is -0.457 e. The highest BCUT2D eigenvalue weighted by atomic mass is 16.7. The number of rotatable bonds is 11. The highest BCUT2D eigenvalue weighted by Crippen LogP contribution is 2.39. The minimum atomic E-state index is -0.542. The summed E-state index contributed by atoms with van der Waals surface area (Å²) in [5.74, 6) is 1.44. The van der Waals surface area contributed by atoms with E-state index in [0.29, 0.717) is 18.0 Å². The quantitative estimate of drug-likeness (QED) is 0.130. The second-order valence-corrected chi connectivity index (χ2v) is 12.8. The Morgan fingerprint density at radius 2 is 1.47 bits per heavy atom. The van der Waals surface area contributed by atoms with Crippen molar-refractivity contribution in [2.45, 2.75) is 38.1 Å². The minimum absolute atomic E-state index is 0.00886. The Morgan fingerprint density at radius 1 is 0.745 bits per heavy atom. The van der Waals surface area contributed by atoms with Gasteiger partial charge >= 0.3 is 6.03 Å². The van der Waals surface area contributed by atoms with Crippen molar-refractivity contribution in [3.63, 3.8) is 0 Å². The number of para-hydroxylation sites is 1. The highest BCUT2D eigenvalue weighted by Gasteiger charge is 2.33. The summed E-state index contributed by atoms with van der Waals surface area (Å²) >= 11 is 0. The maximum absolute atomic E-state index is 12.7. The van der Waals surface area contributed by atoms with Gasteiger partial charge in [-0.05, 0) is 76.3 Å². The second kappa shape index (κ2) is 16.8. The first-order valence-corrected chi connectivity index (χ1v) is 17.5. The topological polar surface area (TPSA) is 102 Å². The summed E-state index contributed by atoms with van der Waals surface area (Å²) < 4.78 is 24.7. The van der Waals surface area contributed by atoms with Crippen molar-refractivity contribution in [1.29, 1.82) is 0 Å². The number of morpholine rings is 1. The van der Waals surface area contributed by atoms with Crippen LogP contribution in [0.2, 0.25) is 0 Å². The molecule has 5 aromatic rings. The maximum Gasteiger partial charge on any atom is 0.319 e. The third-order valence-corrected chi connectivity index (χ3v) is 9.14. The van der Waals surface area contributed by atoms with E-state index in [1.54, 1.807) is 0 Å². The number of nitrogens with one attached hydrogen (secondary N) is 2. The molecule has 9 nitrogen and oxygen atoms in total. The Balaban J connectivity index is 0.996. The summed E-state index contributed by atoms with van der Waals surface area (Å²) in [4.78, 5) is 15.1. The Kier molecular flexibility index (Phi) is 11.3. The number of aliphatic hydroxyl groups excluding tert-OH is 1. The van der Waals surface area contributed by atoms with Crippen LogP contribution in [0.15, 0.2) is 127 Å². The zero-order valence-electron chi connectivity index (χ0n) is 28.4. The molecule has 2 aliphatic heterocycles. The summed E-state index contributed by atoms with van der Waals surface area (Å²) in [7, 11) is 0. The molecule has 0 spiro atoms. The SMILES string of the molecule is O=C(NCc1cccc(-c2cccc([C@@H]3O[C@H](CN4CCOCC4)C[C@H](c4ccc(CO)cc4)O3)c2)c1)Nc1ccc(Oc2ccccc2)cc1. The third kappa shape index (κ3) is 9.40. The van der Waals surface area contributed by atoms with Crippen molar-refractivity contribution in [1.82, 2.24) is 10.2 Å². The average molecular weight is 686 g/mol. The maximum atomic E-state index is 12.7. The summed E-state index contributed by atoms with van der Waals surface area (Å²) in [5, 5.41) is 15.4. The van der Waals surface area contributed by atoms with Gasteiger partial charge in [-0.15, -0.1) is 0 Å². The average Bonchev–Trinajstić information content (AvgIpc) is 3.19. The number of hydrogen-bond donors (Lipinski definition) is 3. The standard InChI is InChI=1S/C42H43N3O6/c46-29-30-12-14-32(15-13-30)40-26-39(28-45-20-22-48-23-21-45)50-41(51-40)35-9-5-8-34(25-35)33-7-4-6-31(24-33)27-43-42(47)44-36-16-18-38(19-17-36)49-37-10-2-1-3-11-37/h1-19,24-25,39-41,46H,20-23,26-29H2,(H2,43,44,47)/t39-,40+,41+/m0/s1. The lowest BCUT2D eigenvalue weighted by Gasteiger charge is -2.39. The molecule has 0 aliphatic carbocycles. The lowest BCUT2D eigenvalue weighted by molar-refractivity contribution is -0.253. The zero-order valence-corrected chi connectivity index (χ0v) is 28.4. The number of benzene rings is 5. The summed E-state index contributed by atoms with van der Waals surface area (Å²) in [6.07, 6.45) is 0.0315. The fourth-order valence-corrected chi connectivity index (χ4v) is 6.42. The van der Waals surface area contributed by atoms with Crippen LogP contribution in [0.25, 0.3) is 11.1 Å². The first kappa shape index (κ1) is 34.4. The molecule has 0 saturated carbocycles. The Morgan fingerprint density at radius 3 is 2.24 bits per heavy atom. The van der Waals surface area contributed by atoms with Crippen LogP contribution in [0, 0.1) is 0 Å². The van der Waals surface area contributed by atoms with E-state index in [1.165, 1.54) is 0 Å². The molecule has 9 heteroatoms. The van der Waals surface area contributed by atoms with Crippen molar-refractivity contribution in [3.05, 3.63) is 150 Å². The number of amides is 2. The number of carbonyl (C=O) groups is 1. The number of aliphatic hydroxyl groups is 1. The molecule has 2 amide bonds. The number of hydrogen-bond acceptors (Lipinski definition) is 7. The third-order valence-electron chi connectivity index (χ3n) is 9.14. The fourth-order valence-electron chi connectivity index (χ4n) is 6.42. The van der Waals surface area contributed by atoms with Gasteiger partial charge in [0.25, 0.3) is 0 Å². The Hall–Kier alpha value is -5.03. The smallest absolute Gasteiger partial charge is 0.319 e. The molecule has 0 bridgehead atoms. The van der Waals surface area contributed by atoms with Gasteiger partial charge in [0.05, 0.1) is 32.0 Å². The number of urea groups is 1. The number of nitrogens with zero attached hydrogens (tertiary/aromatic N) is 1. The van der Waals surface area contributed by atoms with E-state index >= 15 is 0 Å². The van der Waals surface area contributed by atoms with Gasteiger partial charge in [-0.1, -0.05) is 78.9 Å². The molecule has 2 fully saturated rings. The second-order valence-electron chi connectivity index (χ2n) is 12.8. The van der Waals surface area contributed by atoms with Crippen LogP contribution >= 0.6 is 0 Å². The molecule has 51 heavy (non-hydrogen) atoms. The summed E-state index contributed by atoms with van der Waals surface area (Å²) in [6.45, 7) is 4.43. The number of carbonyl (C=O) groups excluding carboxylic acids is 1. The molecular weight excluding hydrogens is 642 g/mol. The van der Waals surface area contributed by atoms with E-state index in [4.69, 9.17) is 18.9 Å². The predicted molar refractivity (Wildman–Crippen MR) is 196 cm³/mol. The van der Waals surface area contributed by atoms with Crippen LogP contribution in [-0.4, -0.2) is 55.0 Å². The zero-order chi connectivity index (χ0) is 34.8.